The summed E-state index contributed by atoms with van der Waals surface area (Å²) < 4.78 is 0. The number of aromatic nitrogens is 3. The van der Waals surface area contributed by atoms with Gasteiger partial charge in [-0.15, -0.1) is 0 Å². The molecule has 1 aliphatic heterocycles. The number of nitrogens with one attached hydrogen (secondary N) is 1. The van der Waals surface area contributed by atoms with Crippen molar-refractivity contribution in [2.45, 2.75) is 19.4 Å². The molecule has 130 valence electrons. The Hall–Kier alpha value is -3.28. The molecule has 4 rings (SSSR count). The topological polar surface area (TPSA) is 71.0 Å². The van der Waals surface area contributed by atoms with E-state index in [1.54, 1.807) is 24.7 Å². The molecule has 0 aliphatic carbocycles. The second kappa shape index (κ2) is 7.31. The van der Waals surface area contributed by atoms with Gasteiger partial charge in [-0.1, -0.05) is 24.3 Å². The molecule has 0 unspecified atom stereocenters. The number of carbonyl (C=O) groups is 1. The van der Waals surface area contributed by atoms with E-state index in [2.05, 4.69) is 26.3 Å². The smallest absolute Gasteiger partial charge is 0.277 e. The van der Waals surface area contributed by atoms with E-state index in [4.69, 9.17) is 0 Å². The lowest BCUT2D eigenvalue weighted by Gasteiger charge is -2.29. The minimum absolute atomic E-state index is 0.0935. The van der Waals surface area contributed by atoms with Crippen LogP contribution in [0.4, 0.5) is 11.6 Å². The van der Waals surface area contributed by atoms with Gasteiger partial charge in [-0.3, -0.25) is 9.78 Å². The maximum atomic E-state index is 13.0. The number of benzene rings is 1. The van der Waals surface area contributed by atoms with Crippen LogP contribution in [0.15, 0.2) is 61.1 Å². The van der Waals surface area contributed by atoms with E-state index in [0.29, 0.717) is 24.7 Å². The van der Waals surface area contributed by atoms with Crippen molar-refractivity contribution in [3.63, 3.8) is 0 Å². The average molecular weight is 345 g/mol. The number of amides is 1. The molecule has 1 aromatic carbocycles. The van der Waals surface area contributed by atoms with Gasteiger partial charge >= 0.3 is 0 Å². The van der Waals surface area contributed by atoms with Gasteiger partial charge in [-0.05, 0) is 42.2 Å². The van der Waals surface area contributed by atoms with Crippen LogP contribution in [0.2, 0.25) is 0 Å². The van der Waals surface area contributed by atoms with Crippen molar-refractivity contribution in [2.24, 2.45) is 0 Å². The second-order valence-electron chi connectivity index (χ2n) is 6.17. The predicted octanol–water partition coefficient (Wildman–Crippen LogP) is 3.08. The summed E-state index contributed by atoms with van der Waals surface area (Å²) in [7, 11) is 0. The summed E-state index contributed by atoms with van der Waals surface area (Å²) in [5.74, 6) is 0.342. The summed E-state index contributed by atoms with van der Waals surface area (Å²) in [5.41, 5.74) is 3.60. The summed E-state index contributed by atoms with van der Waals surface area (Å²) in [6.45, 7) is 1.26. The van der Waals surface area contributed by atoms with Crippen LogP contribution < -0.4 is 10.2 Å². The Kier molecular flexibility index (Phi) is 4.55. The van der Waals surface area contributed by atoms with Crippen LogP contribution in [0.5, 0.6) is 0 Å². The van der Waals surface area contributed by atoms with E-state index in [0.717, 1.165) is 24.1 Å². The molecule has 1 amide bonds. The van der Waals surface area contributed by atoms with E-state index >= 15 is 0 Å². The standard InChI is InChI=1S/C20H19N5O/c26-19(25-12-4-7-16-6-1-2-8-18(16)25)17-9-11-22-20(24-17)23-14-15-5-3-10-21-13-15/h1-3,5-6,8-11,13H,4,7,12,14H2,(H,22,23,24). The monoisotopic (exact) mass is 345 g/mol. The quantitative estimate of drug-likeness (QED) is 0.787. The highest BCUT2D eigenvalue weighted by Gasteiger charge is 2.24. The van der Waals surface area contributed by atoms with E-state index < -0.39 is 0 Å². The number of pyridine rings is 1. The molecule has 0 saturated carbocycles. The molecule has 0 radical (unpaired) electrons. The van der Waals surface area contributed by atoms with Crippen molar-refractivity contribution in [3.05, 3.63) is 77.9 Å². The zero-order valence-corrected chi connectivity index (χ0v) is 14.3. The largest absolute Gasteiger partial charge is 0.350 e. The zero-order valence-electron chi connectivity index (χ0n) is 14.3. The Labute approximate surface area is 151 Å². The molecule has 0 saturated heterocycles. The summed E-state index contributed by atoms with van der Waals surface area (Å²) in [5, 5.41) is 3.15. The van der Waals surface area contributed by atoms with Crippen LogP contribution in [0.25, 0.3) is 0 Å². The number of nitrogens with zero attached hydrogens (tertiary/aromatic N) is 4. The van der Waals surface area contributed by atoms with Gasteiger partial charge in [0, 0.05) is 37.4 Å². The lowest BCUT2D eigenvalue weighted by atomic mass is 10.0. The number of fused-ring (bicyclic) bond motifs is 1. The Morgan fingerprint density at radius 2 is 2.04 bits per heavy atom. The highest BCUT2D eigenvalue weighted by molar-refractivity contribution is 6.05. The molecular formula is C20H19N5O. The van der Waals surface area contributed by atoms with E-state index in [1.807, 2.05) is 35.2 Å². The lowest BCUT2D eigenvalue weighted by Crippen LogP contribution is -2.36. The Morgan fingerprint density at radius 1 is 1.12 bits per heavy atom. The van der Waals surface area contributed by atoms with Gasteiger partial charge in [0.15, 0.2) is 0 Å². The third-order valence-corrected chi connectivity index (χ3v) is 4.40. The summed E-state index contributed by atoms with van der Waals surface area (Å²) >= 11 is 0. The van der Waals surface area contributed by atoms with E-state index in [-0.39, 0.29) is 5.91 Å². The van der Waals surface area contributed by atoms with Crippen molar-refractivity contribution in [2.75, 3.05) is 16.8 Å². The third-order valence-electron chi connectivity index (χ3n) is 4.40. The van der Waals surface area contributed by atoms with Crippen LogP contribution in [0.1, 0.15) is 28.0 Å². The van der Waals surface area contributed by atoms with Crippen LogP contribution in [0.3, 0.4) is 0 Å². The number of hydrogen-bond acceptors (Lipinski definition) is 5. The van der Waals surface area contributed by atoms with Crippen LogP contribution in [-0.2, 0) is 13.0 Å². The minimum atomic E-state index is -0.0935. The average Bonchev–Trinajstić information content (AvgIpc) is 2.72. The van der Waals surface area contributed by atoms with Crippen LogP contribution in [0, 0.1) is 0 Å². The Morgan fingerprint density at radius 3 is 2.92 bits per heavy atom. The number of para-hydroxylation sites is 1. The van der Waals surface area contributed by atoms with Gasteiger partial charge < -0.3 is 10.2 Å². The highest BCUT2D eigenvalue weighted by Crippen LogP contribution is 2.27. The summed E-state index contributed by atoms with van der Waals surface area (Å²) in [4.78, 5) is 27.5. The first-order valence-corrected chi connectivity index (χ1v) is 8.67. The summed E-state index contributed by atoms with van der Waals surface area (Å²) in [6.07, 6.45) is 7.09. The number of aryl methyl sites for hydroxylation is 1. The number of anilines is 2. The molecule has 6 heteroatoms. The molecule has 1 aliphatic rings. The Bertz CT molecular complexity index is 913. The molecule has 6 nitrogen and oxygen atoms in total. The molecule has 3 aromatic rings. The molecule has 2 aromatic heterocycles. The second-order valence-corrected chi connectivity index (χ2v) is 6.17. The van der Waals surface area contributed by atoms with E-state index in [1.165, 1.54) is 5.56 Å². The molecule has 1 N–H and O–H groups in total. The van der Waals surface area contributed by atoms with Gasteiger partial charge in [0.05, 0.1) is 0 Å². The molecule has 0 fully saturated rings. The number of rotatable bonds is 4. The molecule has 0 spiro atoms. The molecule has 26 heavy (non-hydrogen) atoms. The van der Waals surface area contributed by atoms with Crippen molar-refractivity contribution in [1.29, 1.82) is 0 Å². The minimum Gasteiger partial charge on any atom is -0.350 e. The first-order valence-electron chi connectivity index (χ1n) is 8.67. The normalized spacial score (nSPS) is 13.2. The fourth-order valence-corrected chi connectivity index (χ4v) is 3.13. The van der Waals surface area contributed by atoms with Crippen LogP contribution >= 0.6 is 0 Å². The van der Waals surface area contributed by atoms with Gasteiger partial charge in [0.1, 0.15) is 5.69 Å². The highest BCUT2D eigenvalue weighted by atomic mass is 16.2. The fraction of sp³-hybridized carbons (Fsp3) is 0.200. The SMILES string of the molecule is O=C(c1ccnc(NCc2cccnc2)n1)N1CCCc2ccccc21. The predicted molar refractivity (Wildman–Crippen MR) is 100 cm³/mol. The van der Waals surface area contributed by atoms with Gasteiger partial charge in [0.25, 0.3) is 5.91 Å². The first-order chi connectivity index (χ1) is 12.8. The molecule has 0 atom stereocenters. The van der Waals surface area contributed by atoms with Crippen molar-refractivity contribution < 1.29 is 4.79 Å². The Balaban J connectivity index is 1.52. The fourth-order valence-electron chi connectivity index (χ4n) is 3.13. The van der Waals surface area contributed by atoms with Crippen molar-refractivity contribution in [3.8, 4) is 0 Å². The van der Waals surface area contributed by atoms with Crippen molar-refractivity contribution >= 4 is 17.5 Å². The zero-order chi connectivity index (χ0) is 17.8. The maximum absolute atomic E-state index is 13.0. The first kappa shape index (κ1) is 16.2. The summed E-state index contributed by atoms with van der Waals surface area (Å²) in [6, 6.07) is 13.6. The molecule has 3 heterocycles. The number of carbonyl (C=O) groups excluding carboxylic acids is 1. The molecular weight excluding hydrogens is 326 g/mol. The van der Waals surface area contributed by atoms with Gasteiger partial charge in [-0.2, -0.15) is 0 Å². The van der Waals surface area contributed by atoms with Crippen molar-refractivity contribution in [1.82, 2.24) is 15.0 Å². The van der Waals surface area contributed by atoms with E-state index in [9.17, 15) is 4.79 Å². The maximum Gasteiger partial charge on any atom is 0.277 e. The van der Waals surface area contributed by atoms with Gasteiger partial charge in [-0.25, -0.2) is 9.97 Å². The van der Waals surface area contributed by atoms with Crippen LogP contribution in [-0.4, -0.2) is 27.4 Å². The molecule has 0 bridgehead atoms. The number of hydrogen-bond donors (Lipinski definition) is 1. The third kappa shape index (κ3) is 3.39. The van der Waals surface area contributed by atoms with Gasteiger partial charge in [0.2, 0.25) is 5.95 Å². The lowest BCUT2D eigenvalue weighted by molar-refractivity contribution is 0.0980.